The minimum Gasteiger partial charge on any atom is -0.282 e. The summed E-state index contributed by atoms with van der Waals surface area (Å²) in [6.07, 6.45) is 0. The molecule has 5 heteroatoms. The Bertz CT molecular complexity index is 791. The highest BCUT2D eigenvalue weighted by molar-refractivity contribution is 6.30. The van der Waals surface area contributed by atoms with E-state index in [0.29, 0.717) is 22.2 Å². The summed E-state index contributed by atoms with van der Waals surface area (Å²) >= 11 is 5.92. The molecule has 24 heavy (non-hydrogen) atoms. The molecule has 3 nitrogen and oxygen atoms in total. The van der Waals surface area contributed by atoms with Crippen LogP contribution in [0.3, 0.4) is 0 Å². The molecule has 0 saturated carbocycles. The van der Waals surface area contributed by atoms with Gasteiger partial charge in [0.2, 0.25) is 0 Å². The molecule has 0 saturated heterocycles. The van der Waals surface area contributed by atoms with Gasteiger partial charge >= 0.3 is 0 Å². The van der Waals surface area contributed by atoms with Crippen molar-refractivity contribution in [2.24, 2.45) is 4.99 Å². The van der Waals surface area contributed by atoms with Gasteiger partial charge in [0.15, 0.2) is 5.84 Å². The van der Waals surface area contributed by atoms with Gasteiger partial charge in [-0.25, -0.2) is 10.1 Å². The van der Waals surface area contributed by atoms with E-state index in [9.17, 15) is 5.21 Å². The largest absolute Gasteiger partial charge is 0.282 e. The quantitative estimate of drug-likeness (QED) is 0.368. The number of benzene rings is 3. The molecular formula is C19H16Cl2N2O. The highest BCUT2D eigenvalue weighted by atomic mass is 35.5. The van der Waals surface area contributed by atoms with E-state index in [-0.39, 0.29) is 12.4 Å². The highest BCUT2D eigenvalue weighted by Crippen LogP contribution is 2.21. The maximum Gasteiger partial charge on any atom is 0.165 e. The zero-order chi connectivity index (χ0) is 16.1. The summed E-state index contributed by atoms with van der Waals surface area (Å²) in [5, 5.41) is 12.4. The van der Waals surface area contributed by atoms with Gasteiger partial charge in [-0.1, -0.05) is 60.1 Å². The maximum absolute atomic E-state index is 10.6. The van der Waals surface area contributed by atoms with Crippen LogP contribution >= 0.6 is 24.0 Å². The lowest BCUT2D eigenvalue weighted by Gasteiger charge is -2.19. The van der Waals surface area contributed by atoms with E-state index < -0.39 is 0 Å². The number of anilines is 1. The predicted molar refractivity (Wildman–Crippen MR) is 102 cm³/mol. The zero-order valence-corrected chi connectivity index (χ0v) is 14.3. The lowest BCUT2D eigenvalue weighted by molar-refractivity contribution is 0.313. The molecule has 0 radical (unpaired) electrons. The molecule has 122 valence electrons. The van der Waals surface area contributed by atoms with Crippen LogP contribution in [0.4, 0.5) is 11.4 Å². The number of nitrogens with zero attached hydrogens (tertiary/aromatic N) is 2. The van der Waals surface area contributed by atoms with Crippen molar-refractivity contribution in [2.45, 2.75) is 0 Å². The van der Waals surface area contributed by atoms with Crippen LogP contribution in [0.25, 0.3) is 0 Å². The molecule has 0 aromatic heterocycles. The minimum atomic E-state index is 0. The monoisotopic (exact) mass is 358 g/mol. The molecule has 0 aliphatic heterocycles. The fourth-order valence-corrected chi connectivity index (χ4v) is 2.28. The summed E-state index contributed by atoms with van der Waals surface area (Å²) < 4.78 is 0. The van der Waals surface area contributed by atoms with Crippen LogP contribution in [0.15, 0.2) is 89.9 Å². The van der Waals surface area contributed by atoms with Crippen LogP contribution in [0.5, 0.6) is 0 Å². The Morgan fingerprint density at radius 3 is 1.92 bits per heavy atom. The van der Waals surface area contributed by atoms with E-state index in [1.54, 1.807) is 12.1 Å². The molecule has 0 spiro atoms. The number of halogens is 2. The minimum absolute atomic E-state index is 0. The Balaban J connectivity index is 0.00000208. The van der Waals surface area contributed by atoms with Crippen molar-refractivity contribution in [2.75, 3.05) is 5.06 Å². The average molecular weight is 359 g/mol. The summed E-state index contributed by atoms with van der Waals surface area (Å²) in [5.41, 5.74) is 2.17. The Morgan fingerprint density at radius 2 is 1.33 bits per heavy atom. The molecule has 0 heterocycles. The van der Waals surface area contributed by atoms with Gasteiger partial charge in [-0.05, 0) is 36.4 Å². The first kappa shape index (κ1) is 18.0. The van der Waals surface area contributed by atoms with Crippen LogP contribution in [0.2, 0.25) is 5.02 Å². The van der Waals surface area contributed by atoms with Gasteiger partial charge in [-0.15, -0.1) is 12.4 Å². The van der Waals surface area contributed by atoms with Crippen LogP contribution < -0.4 is 5.06 Å². The fraction of sp³-hybridized carbons (Fsp3) is 0. The van der Waals surface area contributed by atoms with Crippen molar-refractivity contribution >= 4 is 41.2 Å². The van der Waals surface area contributed by atoms with E-state index in [1.807, 2.05) is 72.8 Å². The lowest BCUT2D eigenvalue weighted by atomic mass is 10.2. The molecule has 0 unspecified atom stereocenters. The summed E-state index contributed by atoms with van der Waals surface area (Å²) in [6.45, 7) is 0. The maximum atomic E-state index is 10.6. The standard InChI is InChI=1S/C19H15ClN2O.ClH/c20-16-11-13-17(14-12-16)21-19(15-7-3-1-4-8-15)22(23)18-9-5-2-6-10-18;/h1-14,23H;1H. The summed E-state index contributed by atoms with van der Waals surface area (Å²) in [7, 11) is 0. The number of hydrogen-bond acceptors (Lipinski definition) is 2. The number of para-hydroxylation sites is 1. The second kappa shape index (κ2) is 8.50. The van der Waals surface area contributed by atoms with Gasteiger partial charge in [-0.3, -0.25) is 5.21 Å². The van der Waals surface area contributed by atoms with Gasteiger partial charge in [0, 0.05) is 10.6 Å². The molecule has 0 atom stereocenters. The second-order valence-corrected chi connectivity index (χ2v) is 5.36. The molecular weight excluding hydrogens is 343 g/mol. The Kier molecular flexibility index (Phi) is 6.38. The van der Waals surface area contributed by atoms with E-state index in [2.05, 4.69) is 4.99 Å². The van der Waals surface area contributed by atoms with E-state index in [1.165, 1.54) is 0 Å². The van der Waals surface area contributed by atoms with Gasteiger partial charge < -0.3 is 0 Å². The summed E-state index contributed by atoms with van der Waals surface area (Å²) in [4.78, 5) is 4.58. The predicted octanol–water partition coefficient (Wildman–Crippen LogP) is 5.74. The van der Waals surface area contributed by atoms with E-state index in [0.717, 1.165) is 10.6 Å². The van der Waals surface area contributed by atoms with Crippen molar-refractivity contribution in [1.29, 1.82) is 0 Å². The Morgan fingerprint density at radius 1 is 0.792 bits per heavy atom. The number of amidine groups is 1. The molecule has 3 rings (SSSR count). The fourth-order valence-electron chi connectivity index (χ4n) is 2.15. The third-order valence-electron chi connectivity index (χ3n) is 3.30. The van der Waals surface area contributed by atoms with Crippen LogP contribution in [0, 0.1) is 0 Å². The molecule has 3 aromatic rings. The van der Waals surface area contributed by atoms with Gasteiger partial charge in [-0.2, -0.15) is 0 Å². The first-order valence-corrected chi connectivity index (χ1v) is 7.55. The van der Waals surface area contributed by atoms with Crippen LogP contribution in [-0.2, 0) is 0 Å². The number of rotatable bonds is 3. The summed E-state index contributed by atoms with van der Waals surface area (Å²) in [6, 6.07) is 26.0. The first-order valence-electron chi connectivity index (χ1n) is 7.18. The number of hydroxylamine groups is 1. The van der Waals surface area contributed by atoms with Crippen molar-refractivity contribution in [3.63, 3.8) is 0 Å². The summed E-state index contributed by atoms with van der Waals surface area (Å²) in [5.74, 6) is 0.444. The van der Waals surface area contributed by atoms with E-state index >= 15 is 0 Å². The van der Waals surface area contributed by atoms with Crippen molar-refractivity contribution in [3.05, 3.63) is 95.5 Å². The molecule has 3 aromatic carbocycles. The number of hydrogen-bond donors (Lipinski definition) is 1. The SMILES string of the molecule is Cl.ON(C(=Nc1ccc(Cl)cc1)c1ccccc1)c1ccccc1. The Hall–Kier alpha value is -2.33. The highest BCUT2D eigenvalue weighted by Gasteiger charge is 2.13. The third-order valence-corrected chi connectivity index (χ3v) is 3.55. The Labute approximate surface area is 152 Å². The molecule has 0 bridgehead atoms. The molecule has 0 amide bonds. The van der Waals surface area contributed by atoms with Crippen LogP contribution in [-0.4, -0.2) is 11.0 Å². The zero-order valence-electron chi connectivity index (χ0n) is 12.7. The molecule has 1 N–H and O–H groups in total. The van der Waals surface area contributed by atoms with Crippen molar-refractivity contribution < 1.29 is 5.21 Å². The first-order chi connectivity index (χ1) is 11.2. The van der Waals surface area contributed by atoms with Crippen molar-refractivity contribution in [1.82, 2.24) is 0 Å². The molecule has 0 aliphatic carbocycles. The van der Waals surface area contributed by atoms with Gasteiger partial charge in [0.05, 0.1) is 11.4 Å². The smallest absolute Gasteiger partial charge is 0.165 e. The topological polar surface area (TPSA) is 35.8 Å². The normalized spacial score (nSPS) is 10.8. The van der Waals surface area contributed by atoms with Gasteiger partial charge in [0.25, 0.3) is 0 Å². The van der Waals surface area contributed by atoms with Gasteiger partial charge in [0.1, 0.15) is 0 Å². The third kappa shape index (κ3) is 4.36. The van der Waals surface area contributed by atoms with E-state index in [4.69, 9.17) is 11.6 Å². The van der Waals surface area contributed by atoms with Crippen molar-refractivity contribution in [3.8, 4) is 0 Å². The molecule has 0 aliphatic rings. The average Bonchev–Trinajstić information content (AvgIpc) is 2.62. The number of aliphatic imine (C=N–C) groups is 1. The second-order valence-electron chi connectivity index (χ2n) is 4.93. The van der Waals surface area contributed by atoms with Crippen LogP contribution in [0.1, 0.15) is 5.56 Å². The lowest BCUT2D eigenvalue weighted by Crippen LogP contribution is -2.27. The molecule has 0 fully saturated rings.